The van der Waals surface area contributed by atoms with Crippen molar-refractivity contribution in [2.24, 2.45) is 0 Å². The Bertz CT molecular complexity index is 671. The van der Waals surface area contributed by atoms with Gasteiger partial charge in [0, 0.05) is 26.1 Å². The van der Waals surface area contributed by atoms with E-state index < -0.39 is 17.7 Å². The number of hydrogen-bond acceptors (Lipinski definition) is 1. The number of hydrogen-bond donors (Lipinski definition) is 1. The monoisotopic (exact) mass is 417 g/mol. The molecular weight excluding hydrogens is 408 g/mol. The predicted octanol–water partition coefficient (Wildman–Crippen LogP) is 4.98. The third-order valence-electron chi connectivity index (χ3n) is 2.90. The standard InChI is InChI=1S/C15H11Br2F2NO/c1-8(13-3-2-12(18)7-14(13)19)20-15(21)9-4-10(16)6-11(17)5-9/h2-8H,1H3,(H,20,21). The quantitative estimate of drug-likeness (QED) is 0.748. The lowest BCUT2D eigenvalue weighted by Gasteiger charge is -2.15. The fourth-order valence-corrected chi connectivity index (χ4v) is 3.19. The van der Waals surface area contributed by atoms with Crippen LogP contribution in [-0.2, 0) is 0 Å². The Balaban J connectivity index is 2.18. The zero-order valence-corrected chi connectivity index (χ0v) is 14.1. The predicted molar refractivity (Wildman–Crippen MR) is 84.1 cm³/mol. The van der Waals surface area contributed by atoms with Gasteiger partial charge >= 0.3 is 0 Å². The van der Waals surface area contributed by atoms with Crippen molar-refractivity contribution < 1.29 is 13.6 Å². The van der Waals surface area contributed by atoms with Crippen LogP contribution >= 0.6 is 31.9 Å². The van der Waals surface area contributed by atoms with Crippen molar-refractivity contribution in [2.45, 2.75) is 13.0 Å². The zero-order chi connectivity index (χ0) is 15.6. The molecule has 0 aliphatic heterocycles. The van der Waals surface area contributed by atoms with E-state index in [1.165, 1.54) is 6.07 Å². The highest BCUT2D eigenvalue weighted by molar-refractivity contribution is 9.11. The normalized spacial score (nSPS) is 12.0. The van der Waals surface area contributed by atoms with Crippen LogP contribution in [0.2, 0.25) is 0 Å². The van der Waals surface area contributed by atoms with Crippen molar-refractivity contribution in [3.63, 3.8) is 0 Å². The van der Waals surface area contributed by atoms with E-state index in [0.717, 1.165) is 21.1 Å². The van der Waals surface area contributed by atoms with Gasteiger partial charge in [-0.05, 0) is 31.2 Å². The van der Waals surface area contributed by atoms with Crippen LogP contribution in [0.3, 0.4) is 0 Å². The Morgan fingerprint density at radius 1 is 1.10 bits per heavy atom. The van der Waals surface area contributed by atoms with Crippen molar-refractivity contribution in [1.82, 2.24) is 5.32 Å². The van der Waals surface area contributed by atoms with E-state index in [2.05, 4.69) is 37.2 Å². The van der Waals surface area contributed by atoms with Crippen molar-refractivity contribution in [3.8, 4) is 0 Å². The minimum absolute atomic E-state index is 0.235. The first-order chi connectivity index (χ1) is 9.86. The fourth-order valence-electron chi connectivity index (χ4n) is 1.90. The lowest BCUT2D eigenvalue weighted by atomic mass is 10.1. The van der Waals surface area contributed by atoms with E-state index in [9.17, 15) is 13.6 Å². The second kappa shape index (κ2) is 6.66. The van der Waals surface area contributed by atoms with Gasteiger partial charge in [0.2, 0.25) is 0 Å². The van der Waals surface area contributed by atoms with Crippen LogP contribution in [0.5, 0.6) is 0 Å². The highest BCUT2D eigenvalue weighted by Crippen LogP contribution is 2.22. The molecule has 0 spiro atoms. The largest absolute Gasteiger partial charge is 0.345 e. The lowest BCUT2D eigenvalue weighted by molar-refractivity contribution is 0.0939. The second-order valence-electron chi connectivity index (χ2n) is 4.52. The average Bonchev–Trinajstić information content (AvgIpc) is 2.37. The molecular formula is C15H11Br2F2NO. The number of amides is 1. The van der Waals surface area contributed by atoms with Crippen LogP contribution in [0, 0.1) is 11.6 Å². The second-order valence-corrected chi connectivity index (χ2v) is 6.35. The summed E-state index contributed by atoms with van der Waals surface area (Å²) >= 11 is 6.60. The molecule has 6 heteroatoms. The van der Waals surface area contributed by atoms with Crippen LogP contribution in [0.25, 0.3) is 0 Å². The molecule has 0 fully saturated rings. The summed E-state index contributed by atoms with van der Waals surface area (Å²) < 4.78 is 28.1. The molecule has 0 aromatic heterocycles. The molecule has 2 aromatic carbocycles. The van der Waals surface area contributed by atoms with Gasteiger partial charge in [0.15, 0.2) is 0 Å². The Kier molecular flexibility index (Phi) is 5.11. The lowest BCUT2D eigenvalue weighted by Crippen LogP contribution is -2.27. The molecule has 2 nitrogen and oxygen atoms in total. The molecule has 0 aliphatic rings. The maximum Gasteiger partial charge on any atom is 0.251 e. The summed E-state index contributed by atoms with van der Waals surface area (Å²) in [5.41, 5.74) is 0.671. The van der Waals surface area contributed by atoms with Crippen LogP contribution in [0.1, 0.15) is 28.9 Å². The molecule has 1 atom stereocenters. The minimum Gasteiger partial charge on any atom is -0.345 e. The maximum absolute atomic E-state index is 13.7. The summed E-state index contributed by atoms with van der Waals surface area (Å²) in [6.07, 6.45) is 0. The van der Waals surface area contributed by atoms with Gasteiger partial charge in [-0.15, -0.1) is 0 Å². The van der Waals surface area contributed by atoms with E-state index in [1.54, 1.807) is 25.1 Å². The van der Waals surface area contributed by atoms with Gasteiger partial charge in [0.25, 0.3) is 5.91 Å². The highest BCUT2D eigenvalue weighted by atomic mass is 79.9. The van der Waals surface area contributed by atoms with E-state index >= 15 is 0 Å². The number of carbonyl (C=O) groups is 1. The molecule has 0 heterocycles. The summed E-state index contributed by atoms with van der Waals surface area (Å²) in [4.78, 5) is 12.2. The summed E-state index contributed by atoms with van der Waals surface area (Å²) in [6.45, 7) is 1.64. The molecule has 0 saturated heterocycles. The minimum atomic E-state index is -0.682. The Labute approximate surface area is 137 Å². The van der Waals surface area contributed by atoms with Crippen LogP contribution in [0.15, 0.2) is 45.3 Å². The molecule has 0 saturated carbocycles. The van der Waals surface area contributed by atoms with Gasteiger partial charge in [-0.25, -0.2) is 8.78 Å². The van der Waals surface area contributed by atoms with Gasteiger partial charge in [0.1, 0.15) is 11.6 Å². The molecule has 1 amide bonds. The SMILES string of the molecule is CC(NC(=O)c1cc(Br)cc(Br)c1)c1ccc(F)cc1F. The van der Waals surface area contributed by atoms with Gasteiger partial charge in [0.05, 0.1) is 6.04 Å². The van der Waals surface area contributed by atoms with Crippen molar-refractivity contribution in [1.29, 1.82) is 0 Å². The number of nitrogens with one attached hydrogen (secondary N) is 1. The molecule has 2 aromatic rings. The molecule has 0 radical (unpaired) electrons. The van der Waals surface area contributed by atoms with Gasteiger partial charge in [-0.1, -0.05) is 37.9 Å². The van der Waals surface area contributed by atoms with E-state index in [0.29, 0.717) is 5.56 Å². The average molecular weight is 419 g/mol. The van der Waals surface area contributed by atoms with E-state index in [-0.39, 0.29) is 11.5 Å². The van der Waals surface area contributed by atoms with Crippen LogP contribution < -0.4 is 5.32 Å². The smallest absolute Gasteiger partial charge is 0.251 e. The number of rotatable bonds is 3. The number of halogens is 4. The fraction of sp³-hybridized carbons (Fsp3) is 0.133. The van der Waals surface area contributed by atoms with Crippen LogP contribution in [-0.4, -0.2) is 5.91 Å². The van der Waals surface area contributed by atoms with Gasteiger partial charge < -0.3 is 5.32 Å². The Morgan fingerprint density at radius 3 is 2.29 bits per heavy atom. The first-order valence-electron chi connectivity index (χ1n) is 6.08. The molecule has 1 N–H and O–H groups in total. The summed E-state index contributed by atoms with van der Waals surface area (Å²) in [5.74, 6) is -1.67. The molecule has 21 heavy (non-hydrogen) atoms. The maximum atomic E-state index is 13.7. The molecule has 110 valence electrons. The van der Waals surface area contributed by atoms with Gasteiger partial charge in [-0.3, -0.25) is 4.79 Å². The summed E-state index contributed by atoms with van der Waals surface area (Å²) in [6, 6.07) is 7.84. The van der Waals surface area contributed by atoms with E-state index in [1.807, 2.05) is 0 Å². The van der Waals surface area contributed by atoms with Crippen molar-refractivity contribution >= 4 is 37.8 Å². The Morgan fingerprint density at radius 2 is 1.71 bits per heavy atom. The topological polar surface area (TPSA) is 29.1 Å². The van der Waals surface area contributed by atoms with Crippen molar-refractivity contribution in [3.05, 3.63) is 68.1 Å². The molecule has 2 rings (SSSR count). The molecule has 0 bridgehead atoms. The molecule has 1 unspecified atom stereocenters. The zero-order valence-electron chi connectivity index (χ0n) is 11.0. The number of carbonyl (C=O) groups excluding carboxylic acids is 1. The van der Waals surface area contributed by atoms with Gasteiger partial charge in [-0.2, -0.15) is 0 Å². The first-order valence-corrected chi connectivity index (χ1v) is 7.67. The third-order valence-corrected chi connectivity index (χ3v) is 3.82. The summed E-state index contributed by atoms with van der Waals surface area (Å²) in [7, 11) is 0. The summed E-state index contributed by atoms with van der Waals surface area (Å²) in [5, 5.41) is 2.68. The Hall–Kier alpha value is -1.27. The molecule has 0 aliphatic carbocycles. The highest BCUT2D eigenvalue weighted by Gasteiger charge is 2.16. The van der Waals surface area contributed by atoms with E-state index in [4.69, 9.17) is 0 Å². The van der Waals surface area contributed by atoms with Crippen LogP contribution in [0.4, 0.5) is 8.78 Å². The third kappa shape index (κ3) is 4.11. The van der Waals surface area contributed by atoms with Crippen molar-refractivity contribution in [2.75, 3.05) is 0 Å². The number of benzene rings is 2. The first kappa shape index (κ1) is 16.1.